The van der Waals surface area contributed by atoms with Crippen LogP contribution in [0.25, 0.3) is 0 Å². The van der Waals surface area contributed by atoms with Crippen molar-refractivity contribution in [2.45, 2.75) is 31.9 Å². The molecule has 0 aliphatic rings. The summed E-state index contributed by atoms with van der Waals surface area (Å²) in [7, 11) is -3.68. The standard InChI is InChI=1S/C16H17ClN2O6S/c1-4-19-16(22)11(7-18-19)15(21)10-5-6-13(26(3,23)24)12(14(10)17)8-25-9(2)20/h5-7,18H,4,8H2,1-3H3. The number of ether oxygens (including phenoxy) is 1. The smallest absolute Gasteiger partial charge is 0.302 e. The van der Waals surface area contributed by atoms with Crippen molar-refractivity contribution in [3.63, 3.8) is 0 Å². The van der Waals surface area contributed by atoms with Crippen LogP contribution in [0.5, 0.6) is 0 Å². The number of aryl methyl sites for hydroxylation is 1. The van der Waals surface area contributed by atoms with Crippen molar-refractivity contribution in [1.29, 1.82) is 0 Å². The van der Waals surface area contributed by atoms with Crippen molar-refractivity contribution >= 4 is 33.2 Å². The van der Waals surface area contributed by atoms with Gasteiger partial charge in [0.15, 0.2) is 9.84 Å². The molecule has 10 heteroatoms. The van der Waals surface area contributed by atoms with Crippen LogP contribution in [0.1, 0.15) is 35.3 Å². The van der Waals surface area contributed by atoms with Gasteiger partial charge in [-0.25, -0.2) is 8.42 Å². The van der Waals surface area contributed by atoms with Crippen molar-refractivity contribution in [3.05, 3.63) is 50.4 Å². The van der Waals surface area contributed by atoms with Gasteiger partial charge in [0.1, 0.15) is 12.2 Å². The van der Waals surface area contributed by atoms with Crippen LogP contribution >= 0.6 is 11.6 Å². The third-order valence-corrected chi connectivity index (χ3v) is 5.28. The van der Waals surface area contributed by atoms with E-state index in [2.05, 4.69) is 5.10 Å². The molecule has 140 valence electrons. The summed E-state index contributed by atoms with van der Waals surface area (Å²) < 4.78 is 30.0. The Kier molecular flexibility index (Phi) is 5.72. The molecular formula is C16H17ClN2O6S. The van der Waals surface area contributed by atoms with Crippen LogP contribution in [0.15, 0.2) is 28.0 Å². The summed E-state index contributed by atoms with van der Waals surface area (Å²) in [5.74, 6) is -1.29. The van der Waals surface area contributed by atoms with E-state index in [0.29, 0.717) is 6.54 Å². The van der Waals surface area contributed by atoms with Crippen LogP contribution in [-0.2, 0) is 32.5 Å². The molecule has 0 unspecified atom stereocenters. The predicted molar refractivity (Wildman–Crippen MR) is 94.2 cm³/mol. The molecule has 0 spiro atoms. The third-order valence-electron chi connectivity index (χ3n) is 3.67. The number of H-pyrrole nitrogens is 1. The number of rotatable bonds is 6. The fourth-order valence-corrected chi connectivity index (χ4v) is 3.67. The second-order valence-electron chi connectivity index (χ2n) is 5.52. The number of carbonyl (C=O) groups is 2. The number of aromatic nitrogens is 2. The average Bonchev–Trinajstić information content (AvgIpc) is 2.92. The number of carbonyl (C=O) groups excluding carboxylic acids is 2. The van der Waals surface area contributed by atoms with Gasteiger partial charge in [0.05, 0.1) is 9.92 Å². The molecule has 8 nitrogen and oxygen atoms in total. The topological polar surface area (TPSA) is 115 Å². The maximum absolute atomic E-state index is 12.7. The molecule has 0 aliphatic heterocycles. The maximum atomic E-state index is 12.7. The number of benzene rings is 1. The second-order valence-corrected chi connectivity index (χ2v) is 7.88. The van der Waals surface area contributed by atoms with E-state index in [9.17, 15) is 22.8 Å². The van der Waals surface area contributed by atoms with E-state index in [0.717, 1.165) is 13.2 Å². The molecule has 1 aromatic heterocycles. The first-order valence-corrected chi connectivity index (χ1v) is 9.82. The van der Waals surface area contributed by atoms with E-state index >= 15 is 0 Å². The highest BCUT2D eigenvalue weighted by molar-refractivity contribution is 7.90. The monoisotopic (exact) mass is 400 g/mol. The van der Waals surface area contributed by atoms with Crippen molar-refractivity contribution < 1.29 is 22.7 Å². The molecule has 0 radical (unpaired) electrons. The number of aromatic amines is 1. The summed E-state index contributed by atoms with van der Waals surface area (Å²) >= 11 is 6.25. The lowest BCUT2D eigenvalue weighted by molar-refractivity contribution is -0.142. The van der Waals surface area contributed by atoms with Gasteiger partial charge in [0, 0.05) is 37.0 Å². The summed E-state index contributed by atoms with van der Waals surface area (Å²) in [4.78, 5) is 35.8. The zero-order chi connectivity index (χ0) is 19.6. The average molecular weight is 401 g/mol. The molecule has 2 aromatic rings. The van der Waals surface area contributed by atoms with Gasteiger partial charge < -0.3 is 9.84 Å². The minimum atomic E-state index is -3.68. The van der Waals surface area contributed by atoms with E-state index in [4.69, 9.17) is 16.3 Å². The normalized spacial score (nSPS) is 11.4. The fraction of sp³-hybridized carbons (Fsp3) is 0.312. The number of hydrogen-bond acceptors (Lipinski definition) is 6. The lowest BCUT2D eigenvalue weighted by Crippen LogP contribution is -2.21. The molecule has 0 bridgehead atoms. The first kappa shape index (κ1) is 19.9. The van der Waals surface area contributed by atoms with Crippen LogP contribution in [-0.4, -0.2) is 36.2 Å². The van der Waals surface area contributed by atoms with Gasteiger partial charge in [-0.1, -0.05) is 11.6 Å². The van der Waals surface area contributed by atoms with Gasteiger partial charge in [-0.15, -0.1) is 0 Å². The maximum Gasteiger partial charge on any atom is 0.302 e. The summed E-state index contributed by atoms with van der Waals surface area (Å²) in [5, 5.41) is 2.48. The van der Waals surface area contributed by atoms with Gasteiger partial charge in [-0.3, -0.25) is 19.1 Å². The Morgan fingerprint density at radius 2 is 1.92 bits per heavy atom. The number of sulfone groups is 1. The summed E-state index contributed by atoms with van der Waals surface area (Å²) in [6.45, 7) is 2.84. The molecule has 2 rings (SSSR count). The number of nitrogens with zero attached hydrogens (tertiary/aromatic N) is 1. The zero-order valence-corrected chi connectivity index (χ0v) is 15.9. The fourth-order valence-electron chi connectivity index (χ4n) is 2.39. The van der Waals surface area contributed by atoms with Gasteiger partial charge in [-0.2, -0.15) is 0 Å². The Labute approximate surface area is 154 Å². The summed E-state index contributed by atoms with van der Waals surface area (Å²) in [5.41, 5.74) is -0.705. The number of hydrogen-bond donors (Lipinski definition) is 1. The Morgan fingerprint density at radius 3 is 2.42 bits per heavy atom. The Balaban J connectivity index is 2.61. The minimum absolute atomic E-state index is 0.0124. The first-order valence-electron chi connectivity index (χ1n) is 7.55. The molecule has 1 heterocycles. The van der Waals surface area contributed by atoms with Gasteiger partial charge in [-0.05, 0) is 19.1 Å². The lowest BCUT2D eigenvalue weighted by atomic mass is 10.0. The second kappa shape index (κ2) is 7.46. The number of esters is 1. The molecule has 1 N–H and O–H groups in total. The van der Waals surface area contributed by atoms with Crippen molar-refractivity contribution in [1.82, 2.24) is 9.78 Å². The lowest BCUT2D eigenvalue weighted by Gasteiger charge is -2.13. The minimum Gasteiger partial charge on any atom is -0.461 e. The SMILES string of the molecule is CCn1[nH]cc(C(=O)c2ccc(S(C)(=O)=O)c(COC(C)=O)c2Cl)c1=O. The van der Waals surface area contributed by atoms with Crippen molar-refractivity contribution in [2.24, 2.45) is 0 Å². The Bertz CT molecular complexity index is 1040. The predicted octanol–water partition coefficient (Wildman–Crippen LogP) is 1.55. The number of nitrogens with one attached hydrogen (secondary N) is 1. The number of halogens is 1. The van der Waals surface area contributed by atoms with Crippen LogP contribution < -0.4 is 5.56 Å². The third kappa shape index (κ3) is 3.88. The quantitative estimate of drug-likeness (QED) is 0.581. The van der Waals surface area contributed by atoms with Crippen LogP contribution in [0.2, 0.25) is 5.02 Å². The molecule has 0 aliphatic carbocycles. The van der Waals surface area contributed by atoms with E-state index in [-0.39, 0.29) is 26.6 Å². The molecule has 0 saturated carbocycles. The highest BCUT2D eigenvalue weighted by Gasteiger charge is 2.25. The van der Waals surface area contributed by atoms with E-state index in [1.165, 1.54) is 23.0 Å². The molecule has 0 amide bonds. The zero-order valence-electron chi connectivity index (χ0n) is 14.3. The first-order chi connectivity index (χ1) is 12.1. The number of ketones is 1. The van der Waals surface area contributed by atoms with E-state index in [1.54, 1.807) is 6.92 Å². The highest BCUT2D eigenvalue weighted by Crippen LogP contribution is 2.30. The molecule has 1 aromatic carbocycles. The summed E-state index contributed by atoms with van der Waals surface area (Å²) in [6, 6.07) is 2.44. The van der Waals surface area contributed by atoms with Crippen LogP contribution in [0.3, 0.4) is 0 Å². The Morgan fingerprint density at radius 1 is 1.27 bits per heavy atom. The van der Waals surface area contributed by atoms with E-state index in [1.807, 2.05) is 0 Å². The molecule has 26 heavy (non-hydrogen) atoms. The van der Waals surface area contributed by atoms with Crippen LogP contribution in [0, 0.1) is 0 Å². The summed E-state index contributed by atoms with van der Waals surface area (Å²) in [6.07, 6.45) is 2.24. The van der Waals surface area contributed by atoms with Crippen molar-refractivity contribution in [2.75, 3.05) is 6.26 Å². The van der Waals surface area contributed by atoms with Crippen LogP contribution in [0.4, 0.5) is 0 Å². The molecule has 0 atom stereocenters. The molecule has 0 fully saturated rings. The molecule has 0 saturated heterocycles. The van der Waals surface area contributed by atoms with E-state index < -0.39 is 33.8 Å². The molecular weight excluding hydrogens is 384 g/mol. The van der Waals surface area contributed by atoms with Gasteiger partial charge >= 0.3 is 5.97 Å². The van der Waals surface area contributed by atoms with Gasteiger partial charge in [0.2, 0.25) is 5.78 Å². The largest absolute Gasteiger partial charge is 0.461 e. The van der Waals surface area contributed by atoms with Crippen molar-refractivity contribution in [3.8, 4) is 0 Å². The highest BCUT2D eigenvalue weighted by atomic mass is 35.5. The van der Waals surface area contributed by atoms with Gasteiger partial charge in [0.25, 0.3) is 5.56 Å². The Hall–Kier alpha value is -2.39.